The molecule has 24 heavy (non-hydrogen) atoms. The summed E-state index contributed by atoms with van der Waals surface area (Å²) in [5.41, 5.74) is -0.162. The molecule has 0 radical (unpaired) electrons. The Morgan fingerprint density at radius 3 is 2.17 bits per heavy atom. The zero-order chi connectivity index (χ0) is 18.0. The highest BCUT2D eigenvalue weighted by Gasteiger charge is 2.23. The molecule has 0 aliphatic carbocycles. The first kappa shape index (κ1) is 18.0. The number of rotatable bonds is 6. The summed E-state index contributed by atoms with van der Waals surface area (Å²) < 4.78 is 60.8. The molecule has 0 atom stereocenters. The molecule has 0 heterocycles. The largest absolute Gasteiger partial charge is 0.497 e. The summed E-state index contributed by atoms with van der Waals surface area (Å²) in [6.45, 7) is 0. The van der Waals surface area contributed by atoms with Crippen molar-refractivity contribution in [3.63, 3.8) is 0 Å². The molecule has 0 saturated heterocycles. The minimum absolute atomic E-state index is 0.0800. The highest BCUT2D eigenvalue weighted by molar-refractivity contribution is 7.93. The van der Waals surface area contributed by atoms with Crippen LogP contribution < -0.4 is 19.3 Å². The Balaban J connectivity index is 2.55. The number of ether oxygens (including phenoxy) is 2. The van der Waals surface area contributed by atoms with Gasteiger partial charge in [-0.25, -0.2) is 22.0 Å². The molecule has 0 saturated carbocycles. The number of nitrogens with one attached hydrogen (secondary N) is 1. The van der Waals surface area contributed by atoms with Crippen molar-refractivity contribution in [1.29, 1.82) is 0 Å². The smallest absolute Gasteiger partial charge is 0.265 e. The summed E-state index contributed by atoms with van der Waals surface area (Å²) in [4.78, 5) is -0.538. The number of anilines is 1. The molecule has 8 nitrogen and oxygen atoms in total. The van der Waals surface area contributed by atoms with Gasteiger partial charge in [0.25, 0.3) is 10.0 Å². The Bertz CT molecular complexity index is 955. The van der Waals surface area contributed by atoms with Crippen molar-refractivity contribution in [3.05, 3.63) is 42.5 Å². The Morgan fingerprint density at radius 1 is 0.917 bits per heavy atom. The zero-order valence-electron chi connectivity index (χ0n) is 12.9. The summed E-state index contributed by atoms with van der Waals surface area (Å²) in [6, 6.07) is 9.65. The summed E-state index contributed by atoms with van der Waals surface area (Å²) >= 11 is 0. The van der Waals surface area contributed by atoms with E-state index in [9.17, 15) is 16.8 Å². The van der Waals surface area contributed by atoms with Gasteiger partial charge in [0, 0.05) is 6.07 Å². The van der Waals surface area contributed by atoms with Crippen molar-refractivity contribution in [1.82, 2.24) is 0 Å². The predicted molar refractivity (Wildman–Crippen MR) is 88.2 cm³/mol. The van der Waals surface area contributed by atoms with Gasteiger partial charge in [-0.15, -0.1) is 0 Å². The number of benzene rings is 2. The van der Waals surface area contributed by atoms with Gasteiger partial charge in [-0.2, -0.15) is 0 Å². The van der Waals surface area contributed by atoms with E-state index in [1.54, 1.807) is 0 Å². The fraction of sp³-hybridized carbons (Fsp3) is 0.143. The van der Waals surface area contributed by atoms with Crippen LogP contribution in [0.3, 0.4) is 0 Å². The van der Waals surface area contributed by atoms with E-state index in [-0.39, 0.29) is 21.2 Å². The maximum atomic E-state index is 12.6. The molecule has 2 rings (SSSR count). The van der Waals surface area contributed by atoms with Gasteiger partial charge >= 0.3 is 0 Å². The monoisotopic (exact) mass is 372 g/mol. The zero-order valence-corrected chi connectivity index (χ0v) is 14.5. The Hall–Kier alpha value is -2.30. The van der Waals surface area contributed by atoms with E-state index in [0.717, 1.165) is 0 Å². The number of sulfonamides is 2. The lowest BCUT2D eigenvalue weighted by atomic mass is 10.3. The normalized spacial score (nSPS) is 11.8. The van der Waals surface area contributed by atoms with E-state index >= 15 is 0 Å². The maximum Gasteiger partial charge on any atom is 0.265 e. The number of methoxy groups -OCH3 is 2. The standard InChI is InChI=1S/C14H16N2O6S2/c1-21-10-7-8-12(22-2)14(9-10)24(19,20)16-11-5-3-4-6-13(11)23(15,17)18/h3-9,16H,1-2H3,(H2,15,17,18). The molecule has 0 amide bonds. The minimum Gasteiger partial charge on any atom is -0.497 e. The third-order valence-electron chi connectivity index (χ3n) is 3.10. The molecular weight excluding hydrogens is 356 g/mol. The highest BCUT2D eigenvalue weighted by atomic mass is 32.2. The van der Waals surface area contributed by atoms with Gasteiger partial charge in [-0.05, 0) is 24.3 Å². The fourth-order valence-electron chi connectivity index (χ4n) is 1.99. The fourth-order valence-corrected chi connectivity index (χ4v) is 4.02. The van der Waals surface area contributed by atoms with Gasteiger partial charge in [0.1, 0.15) is 21.3 Å². The predicted octanol–water partition coefficient (Wildman–Crippen LogP) is 1.15. The van der Waals surface area contributed by atoms with E-state index in [1.165, 1.54) is 56.7 Å². The second-order valence-corrected chi connectivity index (χ2v) is 7.84. The van der Waals surface area contributed by atoms with Gasteiger partial charge in [0.2, 0.25) is 10.0 Å². The first-order valence-corrected chi connectivity index (χ1v) is 9.58. The lowest BCUT2D eigenvalue weighted by molar-refractivity contribution is 0.392. The number of hydrogen-bond acceptors (Lipinski definition) is 6. The van der Waals surface area contributed by atoms with Crippen LogP contribution in [-0.4, -0.2) is 31.1 Å². The van der Waals surface area contributed by atoms with Gasteiger partial charge < -0.3 is 9.47 Å². The molecule has 0 bridgehead atoms. The quantitative estimate of drug-likeness (QED) is 0.784. The summed E-state index contributed by atoms with van der Waals surface area (Å²) in [7, 11) is -5.54. The minimum atomic E-state index is -4.15. The highest BCUT2D eigenvalue weighted by Crippen LogP contribution is 2.31. The van der Waals surface area contributed by atoms with Crippen molar-refractivity contribution in [2.24, 2.45) is 5.14 Å². The van der Waals surface area contributed by atoms with Crippen molar-refractivity contribution < 1.29 is 26.3 Å². The summed E-state index contributed by atoms with van der Waals surface area (Å²) in [5, 5.41) is 5.11. The number of primary sulfonamides is 1. The van der Waals surface area contributed by atoms with Crippen LogP contribution in [-0.2, 0) is 20.0 Å². The van der Waals surface area contributed by atoms with Gasteiger partial charge in [-0.3, -0.25) is 4.72 Å². The van der Waals surface area contributed by atoms with Crippen LogP contribution >= 0.6 is 0 Å². The molecule has 0 spiro atoms. The van der Waals surface area contributed by atoms with Crippen LogP contribution in [0.5, 0.6) is 11.5 Å². The SMILES string of the molecule is COc1ccc(OC)c(S(=O)(=O)Nc2ccccc2S(N)(=O)=O)c1. The first-order chi connectivity index (χ1) is 11.2. The molecule has 0 unspecified atom stereocenters. The Labute approximate surface area is 140 Å². The van der Waals surface area contributed by atoms with E-state index in [4.69, 9.17) is 14.6 Å². The van der Waals surface area contributed by atoms with E-state index < -0.39 is 20.0 Å². The van der Waals surface area contributed by atoms with Crippen molar-refractivity contribution in [2.75, 3.05) is 18.9 Å². The molecule has 130 valence electrons. The lowest BCUT2D eigenvalue weighted by Gasteiger charge is -2.14. The van der Waals surface area contributed by atoms with Crippen molar-refractivity contribution >= 4 is 25.7 Å². The second kappa shape index (κ2) is 6.67. The van der Waals surface area contributed by atoms with Crippen LogP contribution in [0.2, 0.25) is 0 Å². The molecule has 0 aromatic heterocycles. The molecule has 2 aromatic rings. The van der Waals surface area contributed by atoms with Gasteiger partial charge in [-0.1, -0.05) is 12.1 Å². The second-order valence-electron chi connectivity index (χ2n) is 4.66. The summed E-state index contributed by atoms with van der Waals surface area (Å²) in [6.07, 6.45) is 0. The van der Waals surface area contributed by atoms with E-state index in [0.29, 0.717) is 5.75 Å². The average molecular weight is 372 g/mol. The third kappa shape index (κ3) is 3.78. The molecular formula is C14H16N2O6S2. The van der Waals surface area contributed by atoms with Gasteiger partial charge in [0.15, 0.2) is 0 Å². The molecule has 0 fully saturated rings. The van der Waals surface area contributed by atoms with Crippen LogP contribution in [0.4, 0.5) is 5.69 Å². The third-order valence-corrected chi connectivity index (χ3v) is 5.45. The number of nitrogens with two attached hydrogens (primary N) is 1. The Kier molecular flexibility index (Phi) is 5.02. The number of hydrogen-bond donors (Lipinski definition) is 2. The first-order valence-electron chi connectivity index (χ1n) is 6.55. The summed E-state index contributed by atoms with van der Waals surface area (Å²) in [5.74, 6) is 0.382. The van der Waals surface area contributed by atoms with Crippen molar-refractivity contribution in [2.45, 2.75) is 9.79 Å². The van der Waals surface area contributed by atoms with E-state index in [2.05, 4.69) is 4.72 Å². The molecule has 10 heteroatoms. The van der Waals surface area contributed by atoms with Crippen LogP contribution in [0.25, 0.3) is 0 Å². The van der Waals surface area contributed by atoms with E-state index in [1.807, 2.05) is 0 Å². The average Bonchev–Trinajstić information content (AvgIpc) is 2.53. The molecule has 3 N–H and O–H groups in total. The molecule has 0 aliphatic heterocycles. The van der Waals surface area contributed by atoms with Crippen LogP contribution in [0, 0.1) is 0 Å². The molecule has 0 aliphatic rings. The van der Waals surface area contributed by atoms with Crippen LogP contribution in [0.1, 0.15) is 0 Å². The Morgan fingerprint density at radius 2 is 1.58 bits per heavy atom. The number of para-hydroxylation sites is 1. The van der Waals surface area contributed by atoms with Crippen LogP contribution in [0.15, 0.2) is 52.3 Å². The lowest BCUT2D eigenvalue weighted by Crippen LogP contribution is -2.19. The topological polar surface area (TPSA) is 125 Å². The van der Waals surface area contributed by atoms with Crippen molar-refractivity contribution in [3.8, 4) is 11.5 Å². The molecule has 2 aromatic carbocycles. The maximum absolute atomic E-state index is 12.6. The van der Waals surface area contributed by atoms with Gasteiger partial charge in [0.05, 0.1) is 19.9 Å².